The van der Waals surface area contributed by atoms with Crippen molar-refractivity contribution in [2.75, 3.05) is 19.4 Å². The zero-order valence-electron chi connectivity index (χ0n) is 13.5. The Balaban J connectivity index is 1.96. The van der Waals surface area contributed by atoms with E-state index in [-0.39, 0.29) is 11.9 Å². The Labute approximate surface area is 140 Å². The van der Waals surface area contributed by atoms with Gasteiger partial charge in [0.25, 0.3) is 5.91 Å². The van der Waals surface area contributed by atoms with Gasteiger partial charge in [-0.05, 0) is 18.4 Å². The molecular formula is C17H20N4O3. The lowest BCUT2D eigenvalue weighted by atomic mass is 10.0. The number of benzene rings is 1. The van der Waals surface area contributed by atoms with Gasteiger partial charge < -0.3 is 19.9 Å². The summed E-state index contributed by atoms with van der Waals surface area (Å²) < 4.78 is 6.52. The molecule has 1 aromatic heterocycles. The molecule has 2 heterocycles. The molecule has 7 heteroatoms. The molecule has 0 spiro atoms. The van der Waals surface area contributed by atoms with Crippen molar-refractivity contribution >= 4 is 17.7 Å². The molecule has 126 valence electrons. The number of esters is 1. The molecule has 2 atom stereocenters. The lowest BCUT2D eigenvalue weighted by molar-refractivity contribution is -0.151. The molecule has 1 aliphatic rings. The number of carbonyl (C=O) groups is 2. The van der Waals surface area contributed by atoms with Crippen molar-refractivity contribution in [2.24, 2.45) is 0 Å². The van der Waals surface area contributed by atoms with Gasteiger partial charge in [0, 0.05) is 12.7 Å². The largest absolute Gasteiger partial charge is 0.467 e. The van der Waals surface area contributed by atoms with Gasteiger partial charge in [0.15, 0.2) is 0 Å². The predicted molar refractivity (Wildman–Crippen MR) is 88.0 cm³/mol. The van der Waals surface area contributed by atoms with E-state index in [4.69, 9.17) is 10.5 Å². The van der Waals surface area contributed by atoms with E-state index < -0.39 is 12.1 Å². The summed E-state index contributed by atoms with van der Waals surface area (Å²) in [7, 11) is 1.34. The number of imidazole rings is 1. The first-order valence-electron chi connectivity index (χ1n) is 7.84. The molecule has 1 aromatic carbocycles. The van der Waals surface area contributed by atoms with E-state index in [9.17, 15) is 9.59 Å². The lowest BCUT2D eigenvalue weighted by Gasteiger charge is -2.28. The third-order valence-corrected chi connectivity index (χ3v) is 4.28. The van der Waals surface area contributed by atoms with Gasteiger partial charge in [-0.15, -0.1) is 0 Å². The molecule has 7 nitrogen and oxygen atoms in total. The van der Waals surface area contributed by atoms with Crippen LogP contribution in [0.15, 0.2) is 42.9 Å². The summed E-state index contributed by atoms with van der Waals surface area (Å²) >= 11 is 0. The maximum absolute atomic E-state index is 13.2. The van der Waals surface area contributed by atoms with Gasteiger partial charge in [-0.2, -0.15) is 0 Å². The number of hydrogen-bond acceptors (Lipinski definition) is 5. The molecule has 0 saturated carbocycles. The lowest BCUT2D eigenvalue weighted by Crippen LogP contribution is -2.44. The molecule has 3 rings (SSSR count). The second-order valence-corrected chi connectivity index (χ2v) is 5.77. The zero-order valence-corrected chi connectivity index (χ0v) is 13.5. The minimum absolute atomic E-state index is 0.161. The van der Waals surface area contributed by atoms with Crippen LogP contribution in [0, 0.1) is 0 Å². The third-order valence-electron chi connectivity index (χ3n) is 4.28. The number of amides is 1. The van der Waals surface area contributed by atoms with Crippen molar-refractivity contribution in [3.63, 3.8) is 0 Å². The predicted octanol–water partition coefficient (Wildman–Crippen LogP) is 1.22. The van der Waals surface area contributed by atoms with Crippen LogP contribution >= 0.6 is 0 Å². The highest BCUT2D eigenvalue weighted by molar-refractivity contribution is 5.89. The van der Waals surface area contributed by atoms with Gasteiger partial charge in [-0.25, -0.2) is 9.78 Å². The van der Waals surface area contributed by atoms with E-state index >= 15 is 0 Å². The van der Waals surface area contributed by atoms with Crippen LogP contribution in [-0.2, 0) is 14.3 Å². The van der Waals surface area contributed by atoms with Crippen LogP contribution in [0.2, 0.25) is 0 Å². The van der Waals surface area contributed by atoms with E-state index in [0.29, 0.717) is 18.8 Å². The summed E-state index contributed by atoms with van der Waals surface area (Å²) in [5.41, 5.74) is 6.53. The normalized spacial score (nSPS) is 18.4. The van der Waals surface area contributed by atoms with Crippen LogP contribution in [0.25, 0.3) is 0 Å². The number of nitrogens with zero attached hydrogens (tertiary/aromatic N) is 3. The monoisotopic (exact) mass is 328 g/mol. The molecule has 1 aliphatic heterocycles. The third kappa shape index (κ3) is 2.97. The Bertz CT molecular complexity index is 728. The smallest absolute Gasteiger partial charge is 0.328 e. The number of nitrogen functional groups attached to an aromatic ring is 1. The summed E-state index contributed by atoms with van der Waals surface area (Å²) in [5, 5.41) is 0. The molecule has 2 unspecified atom stereocenters. The number of rotatable bonds is 4. The van der Waals surface area contributed by atoms with Crippen molar-refractivity contribution in [3.05, 3.63) is 48.4 Å². The van der Waals surface area contributed by atoms with Gasteiger partial charge in [0.2, 0.25) is 0 Å². The second-order valence-electron chi connectivity index (χ2n) is 5.77. The van der Waals surface area contributed by atoms with Gasteiger partial charge in [0.1, 0.15) is 17.9 Å². The number of methoxy groups -OCH3 is 1. The number of ether oxygens (including phenoxy) is 1. The van der Waals surface area contributed by atoms with Crippen LogP contribution < -0.4 is 5.73 Å². The average molecular weight is 328 g/mol. The highest BCUT2D eigenvalue weighted by Gasteiger charge is 2.38. The molecule has 0 aliphatic carbocycles. The Morgan fingerprint density at radius 2 is 2.08 bits per heavy atom. The van der Waals surface area contributed by atoms with Crippen LogP contribution in [0.1, 0.15) is 24.4 Å². The standard InChI is InChI=1S/C17H20N4O3/c1-24-17(23)13-8-5-9-21(13)16(22)15(12-6-3-2-4-7-12)20-10-14(18)19-11-20/h2-4,6-7,10-11,13,15H,5,8-9,18H2,1H3. The molecule has 0 bridgehead atoms. The molecule has 2 N–H and O–H groups in total. The first kappa shape index (κ1) is 16.0. The Morgan fingerprint density at radius 3 is 2.71 bits per heavy atom. The summed E-state index contributed by atoms with van der Waals surface area (Å²) in [6.45, 7) is 0.534. The minimum Gasteiger partial charge on any atom is -0.467 e. The van der Waals surface area contributed by atoms with E-state index in [0.717, 1.165) is 12.0 Å². The topological polar surface area (TPSA) is 90.5 Å². The highest BCUT2D eigenvalue weighted by Crippen LogP contribution is 2.27. The average Bonchev–Trinajstić information content (AvgIpc) is 3.24. The van der Waals surface area contributed by atoms with E-state index in [1.165, 1.54) is 13.4 Å². The summed E-state index contributed by atoms with van der Waals surface area (Å²) in [6, 6.07) is 8.25. The molecule has 1 saturated heterocycles. The number of anilines is 1. The second kappa shape index (κ2) is 6.74. The van der Waals surface area contributed by atoms with Crippen LogP contribution in [0.3, 0.4) is 0 Å². The fourth-order valence-corrected chi connectivity index (χ4v) is 3.14. The van der Waals surface area contributed by atoms with Crippen LogP contribution in [0.4, 0.5) is 5.82 Å². The number of aromatic nitrogens is 2. The van der Waals surface area contributed by atoms with E-state index in [1.54, 1.807) is 15.7 Å². The van der Waals surface area contributed by atoms with Gasteiger partial charge in [0.05, 0.1) is 13.4 Å². The quantitative estimate of drug-likeness (QED) is 0.852. The number of nitrogens with two attached hydrogens (primary N) is 1. The van der Waals surface area contributed by atoms with Crippen molar-refractivity contribution in [3.8, 4) is 0 Å². The number of carbonyl (C=O) groups excluding carboxylic acids is 2. The number of likely N-dealkylation sites (tertiary alicyclic amines) is 1. The summed E-state index contributed by atoms with van der Waals surface area (Å²) in [4.78, 5) is 30.8. The summed E-state index contributed by atoms with van der Waals surface area (Å²) in [6.07, 6.45) is 4.55. The van der Waals surface area contributed by atoms with Crippen molar-refractivity contribution in [1.29, 1.82) is 0 Å². The highest BCUT2D eigenvalue weighted by atomic mass is 16.5. The molecule has 1 fully saturated rings. The maximum atomic E-state index is 13.2. The number of hydrogen-bond donors (Lipinski definition) is 1. The van der Waals surface area contributed by atoms with Gasteiger partial charge in [-0.1, -0.05) is 30.3 Å². The van der Waals surface area contributed by atoms with E-state index in [2.05, 4.69) is 4.98 Å². The Kier molecular flexibility index (Phi) is 4.50. The maximum Gasteiger partial charge on any atom is 0.328 e. The summed E-state index contributed by atoms with van der Waals surface area (Å²) in [5.74, 6) is -0.195. The molecular weight excluding hydrogens is 308 g/mol. The fourth-order valence-electron chi connectivity index (χ4n) is 3.14. The van der Waals surface area contributed by atoms with Crippen molar-refractivity contribution in [2.45, 2.75) is 24.9 Å². The van der Waals surface area contributed by atoms with Crippen LogP contribution in [0.5, 0.6) is 0 Å². The minimum atomic E-state index is -0.610. The molecule has 2 aromatic rings. The van der Waals surface area contributed by atoms with Gasteiger partial charge >= 0.3 is 5.97 Å². The Morgan fingerprint density at radius 1 is 1.33 bits per heavy atom. The SMILES string of the molecule is COC(=O)C1CCCN1C(=O)C(c1ccccc1)n1cnc(N)c1. The fraction of sp³-hybridized carbons (Fsp3) is 0.353. The Hall–Kier alpha value is -2.83. The van der Waals surface area contributed by atoms with Crippen molar-refractivity contribution < 1.29 is 14.3 Å². The van der Waals surface area contributed by atoms with Gasteiger partial charge in [-0.3, -0.25) is 4.79 Å². The molecule has 24 heavy (non-hydrogen) atoms. The first-order chi connectivity index (χ1) is 11.6. The molecule has 1 amide bonds. The first-order valence-corrected chi connectivity index (χ1v) is 7.84. The van der Waals surface area contributed by atoms with Crippen molar-refractivity contribution in [1.82, 2.24) is 14.5 Å². The zero-order chi connectivity index (χ0) is 17.1. The van der Waals surface area contributed by atoms with Crippen LogP contribution in [-0.4, -0.2) is 46.0 Å². The van der Waals surface area contributed by atoms with E-state index in [1.807, 2.05) is 30.3 Å². The molecule has 0 radical (unpaired) electrons.